The van der Waals surface area contributed by atoms with Gasteiger partial charge in [-0.25, -0.2) is 0 Å². The molecule has 1 saturated heterocycles. The van der Waals surface area contributed by atoms with E-state index in [0.717, 1.165) is 44.3 Å². The Morgan fingerprint density at radius 2 is 1.87 bits per heavy atom. The van der Waals surface area contributed by atoms with Crippen LogP contribution in [0.3, 0.4) is 0 Å². The first kappa shape index (κ1) is 15.0. The third kappa shape index (κ3) is 2.97. The summed E-state index contributed by atoms with van der Waals surface area (Å²) in [5.41, 5.74) is 3.73. The number of benzene rings is 1. The van der Waals surface area contributed by atoms with Crippen molar-refractivity contribution in [2.45, 2.75) is 43.4 Å². The molecule has 120 valence electrons. The molecule has 2 aliphatic rings. The van der Waals surface area contributed by atoms with Gasteiger partial charge < -0.3 is 4.90 Å². The number of pyridine rings is 1. The van der Waals surface area contributed by atoms with Gasteiger partial charge in [0.15, 0.2) is 0 Å². The Balaban J connectivity index is 1.65. The number of likely N-dealkylation sites (tertiary alicyclic amines) is 1. The smallest absolute Gasteiger partial charge is 0.232 e. The van der Waals surface area contributed by atoms with Gasteiger partial charge in [-0.15, -0.1) is 11.8 Å². The molecule has 2 aromatic rings. The summed E-state index contributed by atoms with van der Waals surface area (Å²) in [5.74, 6) is 0.846. The zero-order chi connectivity index (χ0) is 15.6. The molecule has 1 aliphatic heterocycles. The lowest BCUT2D eigenvalue weighted by atomic mass is 9.94. The number of nitrogens with zero attached hydrogens (tertiary/aromatic N) is 2. The van der Waals surface area contributed by atoms with Crippen molar-refractivity contribution in [3.8, 4) is 0 Å². The van der Waals surface area contributed by atoms with Crippen molar-refractivity contribution in [3.63, 3.8) is 0 Å². The van der Waals surface area contributed by atoms with Gasteiger partial charge in [0.25, 0.3) is 0 Å². The van der Waals surface area contributed by atoms with Crippen molar-refractivity contribution in [2.24, 2.45) is 0 Å². The zero-order valence-electron chi connectivity index (χ0n) is 13.4. The lowest BCUT2D eigenvalue weighted by molar-refractivity contribution is -0.127. The topological polar surface area (TPSA) is 33.2 Å². The molecule has 1 fully saturated rings. The third-order valence-corrected chi connectivity index (χ3v) is 6.06. The molecular weight excluding hydrogens is 304 g/mol. The fraction of sp³-hybridized carbons (Fsp3) is 0.474. The SMILES string of the molecule is O=C(CSc1c2c(nc3ccccc13)CCCC2)N1CCCC1. The highest BCUT2D eigenvalue weighted by Gasteiger charge is 2.21. The molecule has 1 amide bonds. The van der Waals surface area contributed by atoms with Crippen molar-refractivity contribution in [1.82, 2.24) is 9.88 Å². The van der Waals surface area contributed by atoms with Crippen LogP contribution in [0.4, 0.5) is 0 Å². The number of fused-ring (bicyclic) bond motifs is 2. The lowest BCUT2D eigenvalue weighted by Gasteiger charge is -2.21. The Labute approximate surface area is 141 Å². The van der Waals surface area contributed by atoms with Crippen molar-refractivity contribution in [3.05, 3.63) is 35.5 Å². The van der Waals surface area contributed by atoms with Crippen LogP contribution < -0.4 is 0 Å². The number of amides is 1. The normalized spacial score (nSPS) is 17.5. The van der Waals surface area contributed by atoms with E-state index in [-0.39, 0.29) is 5.91 Å². The highest BCUT2D eigenvalue weighted by molar-refractivity contribution is 8.00. The minimum atomic E-state index is 0.290. The molecule has 1 aromatic carbocycles. The first-order valence-corrected chi connectivity index (χ1v) is 9.62. The van der Waals surface area contributed by atoms with E-state index in [2.05, 4.69) is 18.2 Å². The Kier molecular flexibility index (Phi) is 4.25. The number of carbonyl (C=O) groups is 1. The van der Waals surface area contributed by atoms with E-state index in [9.17, 15) is 4.79 Å². The van der Waals surface area contributed by atoms with Crippen LogP contribution in [-0.4, -0.2) is 34.6 Å². The predicted octanol–water partition coefficient (Wildman–Crippen LogP) is 3.83. The maximum absolute atomic E-state index is 12.4. The summed E-state index contributed by atoms with van der Waals surface area (Å²) in [6.07, 6.45) is 6.96. The van der Waals surface area contributed by atoms with Gasteiger partial charge in [0.1, 0.15) is 0 Å². The van der Waals surface area contributed by atoms with E-state index in [1.54, 1.807) is 11.8 Å². The Bertz CT molecular complexity index is 737. The molecule has 0 N–H and O–H groups in total. The molecule has 2 heterocycles. The van der Waals surface area contributed by atoms with Crippen molar-refractivity contribution < 1.29 is 4.79 Å². The highest BCUT2D eigenvalue weighted by atomic mass is 32.2. The average molecular weight is 326 g/mol. The van der Waals surface area contributed by atoms with Crippen molar-refractivity contribution in [2.75, 3.05) is 18.8 Å². The molecule has 0 unspecified atom stereocenters. The van der Waals surface area contributed by atoms with Crippen LogP contribution in [0.2, 0.25) is 0 Å². The monoisotopic (exact) mass is 326 g/mol. The van der Waals surface area contributed by atoms with E-state index >= 15 is 0 Å². The third-order valence-electron chi connectivity index (χ3n) is 4.92. The Hall–Kier alpha value is -1.55. The Morgan fingerprint density at radius 1 is 1.09 bits per heavy atom. The van der Waals surface area contributed by atoms with Gasteiger partial charge in [-0.2, -0.15) is 0 Å². The molecule has 0 saturated carbocycles. The number of thioether (sulfide) groups is 1. The van der Waals surface area contributed by atoms with Crippen LogP contribution in [0.25, 0.3) is 10.9 Å². The summed E-state index contributed by atoms with van der Waals surface area (Å²) < 4.78 is 0. The molecule has 0 spiro atoms. The summed E-state index contributed by atoms with van der Waals surface area (Å²) in [6.45, 7) is 1.88. The van der Waals surface area contributed by atoms with Crippen LogP contribution in [0.5, 0.6) is 0 Å². The first-order valence-electron chi connectivity index (χ1n) is 8.64. The van der Waals surface area contributed by atoms with Gasteiger partial charge in [-0.05, 0) is 50.2 Å². The molecule has 1 aliphatic carbocycles. The molecule has 0 bridgehead atoms. The molecular formula is C19H22N2OS. The van der Waals surface area contributed by atoms with Crippen molar-refractivity contribution >= 4 is 28.6 Å². The average Bonchev–Trinajstić information content (AvgIpc) is 3.13. The maximum Gasteiger partial charge on any atom is 0.232 e. The molecule has 4 heteroatoms. The number of para-hydroxylation sites is 1. The van der Waals surface area contributed by atoms with E-state index in [1.807, 2.05) is 11.0 Å². The number of aromatic nitrogens is 1. The number of hydrogen-bond donors (Lipinski definition) is 0. The minimum absolute atomic E-state index is 0.290. The number of aryl methyl sites for hydroxylation is 1. The van der Waals surface area contributed by atoms with Crippen molar-refractivity contribution in [1.29, 1.82) is 0 Å². The summed E-state index contributed by atoms with van der Waals surface area (Å²) in [7, 11) is 0. The molecule has 0 radical (unpaired) electrons. The second-order valence-electron chi connectivity index (χ2n) is 6.47. The van der Waals surface area contributed by atoms with Gasteiger partial charge in [0, 0.05) is 29.1 Å². The van der Waals surface area contributed by atoms with E-state index < -0.39 is 0 Å². The molecule has 4 rings (SSSR count). The summed E-state index contributed by atoms with van der Waals surface area (Å²) in [5, 5.41) is 1.22. The Morgan fingerprint density at radius 3 is 2.74 bits per heavy atom. The number of hydrogen-bond acceptors (Lipinski definition) is 3. The molecule has 3 nitrogen and oxygen atoms in total. The summed E-state index contributed by atoms with van der Waals surface area (Å²) >= 11 is 1.73. The molecule has 0 atom stereocenters. The first-order chi connectivity index (χ1) is 11.3. The predicted molar refractivity (Wildman–Crippen MR) is 94.9 cm³/mol. The van der Waals surface area contributed by atoms with Crippen LogP contribution in [0.15, 0.2) is 29.2 Å². The highest BCUT2D eigenvalue weighted by Crippen LogP contribution is 2.36. The van der Waals surface area contributed by atoms with Crippen LogP contribution in [0.1, 0.15) is 36.9 Å². The zero-order valence-corrected chi connectivity index (χ0v) is 14.2. The van der Waals surface area contributed by atoms with Crippen LogP contribution in [-0.2, 0) is 17.6 Å². The fourth-order valence-electron chi connectivity index (χ4n) is 3.69. The summed E-state index contributed by atoms with van der Waals surface area (Å²) in [4.78, 5) is 20.6. The van der Waals surface area contributed by atoms with E-state index in [1.165, 1.54) is 34.4 Å². The quantitative estimate of drug-likeness (QED) is 0.804. The number of rotatable bonds is 3. The molecule has 23 heavy (non-hydrogen) atoms. The number of carbonyl (C=O) groups excluding carboxylic acids is 1. The fourth-order valence-corrected chi connectivity index (χ4v) is 4.86. The van der Waals surface area contributed by atoms with Gasteiger partial charge in [-0.1, -0.05) is 18.2 Å². The van der Waals surface area contributed by atoms with Crippen LogP contribution in [0, 0.1) is 0 Å². The van der Waals surface area contributed by atoms with E-state index in [0.29, 0.717) is 5.75 Å². The molecule has 1 aromatic heterocycles. The summed E-state index contributed by atoms with van der Waals surface area (Å²) in [6, 6.07) is 8.37. The van der Waals surface area contributed by atoms with Crippen LogP contribution >= 0.6 is 11.8 Å². The lowest BCUT2D eigenvalue weighted by Crippen LogP contribution is -2.29. The minimum Gasteiger partial charge on any atom is -0.342 e. The van der Waals surface area contributed by atoms with Gasteiger partial charge in [0.2, 0.25) is 5.91 Å². The van der Waals surface area contributed by atoms with E-state index in [4.69, 9.17) is 4.98 Å². The van der Waals surface area contributed by atoms with Gasteiger partial charge in [0.05, 0.1) is 11.3 Å². The van der Waals surface area contributed by atoms with Gasteiger partial charge in [-0.3, -0.25) is 9.78 Å². The van der Waals surface area contributed by atoms with Gasteiger partial charge >= 0.3 is 0 Å². The second-order valence-corrected chi connectivity index (χ2v) is 7.45. The second kappa shape index (κ2) is 6.52. The largest absolute Gasteiger partial charge is 0.342 e. The standard InChI is InChI=1S/C19H22N2OS/c22-18(21-11-5-6-12-21)13-23-19-14-7-1-3-9-16(14)20-17-10-4-2-8-15(17)19/h1,3,7,9H,2,4-6,8,10-13H2. The maximum atomic E-state index is 12.4.